The predicted molar refractivity (Wildman–Crippen MR) is 75.1 cm³/mol. The molecule has 1 aliphatic heterocycles. The van der Waals surface area contributed by atoms with Crippen molar-refractivity contribution in [2.24, 2.45) is 0 Å². The molecule has 0 spiro atoms. The summed E-state index contributed by atoms with van der Waals surface area (Å²) in [6, 6.07) is 5.17. The maximum atomic E-state index is 12.8. The molecule has 0 radical (unpaired) electrons. The highest BCUT2D eigenvalue weighted by Crippen LogP contribution is 2.05. The molecular formula is C15H19FN2O3. The van der Waals surface area contributed by atoms with Gasteiger partial charge in [0.25, 0.3) is 0 Å². The molecule has 1 fully saturated rings. The molecule has 0 aromatic heterocycles. The Morgan fingerprint density at radius 3 is 2.52 bits per heavy atom. The lowest BCUT2D eigenvalue weighted by molar-refractivity contribution is -0.139. The number of ether oxygens (including phenoxy) is 1. The lowest BCUT2D eigenvalue weighted by Gasteiger charge is -2.29. The first-order valence-electron chi connectivity index (χ1n) is 6.96. The molecule has 0 aliphatic carbocycles. The van der Waals surface area contributed by atoms with E-state index < -0.39 is 6.04 Å². The fraction of sp³-hybridized carbons (Fsp3) is 0.467. The molecule has 0 bridgehead atoms. The smallest absolute Gasteiger partial charge is 0.245 e. The lowest BCUT2D eigenvalue weighted by atomic mass is 10.1. The summed E-state index contributed by atoms with van der Waals surface area (Å²) in [7, 11) is 0. The van der Waals surface area contributed by atoms with Gasteiger partial charge in [-0.05, 0) is 24.6 Å². The summed E-state index contributed by atoms with van der Waals surface area (Å²) in [4.78, 5) is 25.7. The van der Waals surface area contributed by atoms with Gasteiger partial charge in [-0.25, -0.2) is 4.39 Å². The summed E-state index contributed by atoms with van der Waals surface area (Å²) < 4.78 is 18.0. The van der Waals surface area contributed by atoms with Crippen molar-refractivity contribution in [2.45, 2.75) is 19.4 Å². The van der Waals surface area contributed by atoms with E-state index in [-0.39, 0.29) is 24.1 Å². The number of carbonyl (C=O) groups excluding carboxylic acids is 2. The van der Waals surface area contributed by atoms with Gasteiger partial charge in [0.15, 0.2) is 0 Å². The summed E-state index contributed by atoms with van der Waals surface area (Å²) in [5, 5.41) is 2.68. The molecule has 1 aromatic rings. The molecule has 2 amide bonds. The van der Waals surface area contributed by atoms with Crippen LogP contribution in [0.5, 0.6) is 0 Å². The van der Waals surface area contributed by atoms with Crippen LogP contribution < -0.4 is 5.32 Å². The molecule has 6 heteroatoms. The minimum Gasteiger partial charge on any atom is -0.378 e. The Balaban J connectivity index is 1.83. The van der Waals surface area contributed by atoms with Gasteiger partial charge in [0.05, 0.1) is 19.6 Å². The summed E-state index contributed by atoms with van der Waals surface area (Å²) in [6.45, 7) is 3.83. The van der Waals surface area contributed by atoms with Gasteiger partial charge >= 0.3 is 0 Å². The van der Waals surface area contributed by atoms with Crippen LogP contribution in [0.15, 0.2) is 24.3 Å². The van der Waals surface area contributed by atoms with E-state index in [2.05, 4.69) is 5.32 Å². The van der Waals surface area contributed by atoms with Gasteiger partial charge in [-0.1, -0.05) is 12.1 Å². The summed E-state index contributed by atoms with van der Waals surface area (Å²) in [6.07, 6.45) is 0.126. The van der Waals surface area contributed by atoms with E-state index in [4.69, 9.17) is 4.74 Å². The van der Waals surface area contributed by atoms with Crippen molar-refractivity contribution in [3.63, 3.8) is 0 Å². The minimum absolute atomic E-state index is 0.106. The van der Waals surface area contributed by atoms with E-state index in [0.717, 1.165) is 0 Å². The fourth-order valence-electron chi connectivity index (χ4n) is 2.20. The molecule has 1 aromatic carbocycles. The highest BCUT2D eigenvalue weighted by Gasteiger charge is 2.23. The Kier molecular flexibility index (Phi) is 5.27. The Morgan fingerprint density at radius 1 is 1.29 bits per heavy atom. The molecule has 114 valence electrons. The number of rotatable bonds is 4. The summed E-state index contributed by atoms with van der Waals surface area (Å²) in [5.41, 5.74) is 0.708. The number of hydrogen-bond donors (Lipinski definition) is 1. The van der Waals surface area contributed by atoms with E-state index in [1.165, 1.54) is 12.1 Å². The Bertz CT molecular complexity index is 498. The SMILES string of the molecule is C[C@H](NC(=O)Cc1ccc(F)cc1)C(=O)N1CCOCC1. The van der Waals surface area contributed by atoms with Gasteiger partial charge in [0.2, 0.25) is 11.8 Å². The number of nitrogens with one attached hydrogen (secondary N) is 1. The number of halogens is 1. The molecule has 2 rings (SSSR count). The van der Waals surface area contributed by atoms with Gasteiger partial charge in [-0.2, -0.15) is 0 Å². The van der Waals surface area contributed by atoms with Crippen LogP contribution in [0, 0.1) is 5.82 Å². The fourth-order valence-corrected chi connectivity index (χ4v) is 2.20. The first-order valence-corrected chi connectivity index (χ1v) is 6.96. The average Bonchev–Trinajstić information content (AvgIpc) is 2.49. The minimum atomic E-state index is -0.573. The topological polar surface area (TPSA) is 58.6 Å². The van der Waals surface area contributed by atoms with Crippen LogP contribution in [-0.4, -0.2) is 49.1 Å². The number of benzene rings is 1. The van der Waals surface area contributed by atoms with Crippen molar-refractivity contribution in [1.29, 1.82) is 0 Å². The Hall–Kier alpha value is -1.95. The summed E-state index contributed by atoms with van der Waals surface area (Å²) in [5.74, 6) is -0.698. The second kappa shape index (κ2) is 7.17. The number of morpholine rings is 1. The van der Waals surface area contributed by atoms with Crippen LogP contribution in [0.1, 0.15) is 12.5 Å². The third-order valence-electron chi connectivity index (χ3n) is 3.35. The number of nitrogens with zero attached hydrogens (tertiary/aromatic N) is 1. The highest BCUT2D eigenvalue weighted by atomic mass is 19.1. The van der Waals surface area contributed by atoms with Crippen LogP contribution in [0.2, 0.25) is 0 Å². The monoisotopic (exact) mass is 294 g/mol. The van der Waals surface area contributed by atoms with Crippen molar-refractivity contribution in [3.8, 4) is 0 Å². The molecule has 0 saturated carbocycles. The van der Waals surface area contributed by atoms with E-state index in [1.807, 2.05) is 0 Å². The third kappa shape index (κ3) is 4.53. The van der Waals surface area contributed by atoms with Crippen LogP contribution in [0.3, 0.4) is 0 Å². The zero-order valence-electron chi connectivity index (χ0n) is 12.0. The van der Waals surface area contributed by atoms with E-state index >= 15 is 0 Å². The number of carbonyl (C=O) groups is 2. The molecule has 1 atom stereocenters. The van der Waals surface area contributed by atoms with E-state index in [1.54, 1.807) is 24.0 Å². The Morgan fingerprint density at radius 2 is 1.90 bits per heavy atom. The predicted octanol–water partition coefficient (Wildman–Crippen LogP) is 0.732. The maximum absolute atomic E-state index is 12.8. The zero-order valence-corrected chi connectivity index (χ0v) is 12.0. The van der Waals surface area contributed by atoms with E-state index in [9.17, 15) is 14.0 Å². The average molecular weight is 294 g/mol. The van der Waals surface area contributed by atoms with Gasteiger partial charge in [-0.15, -0.1) is 0 Å². The van der Waals surface area contributed by atoms with Crippen molar-refractivity contribution < 1.29 is 18.7 Å². The second-order valence-corrected chi connectivity index (χ2v) is 5.03. The first-order chi connectivity index (χ1) is 10.1. The van der Waals surface area contributed by atoms with Gasteiger partial charge in [0, 0.05) is 13.1 Å². The number of hydrogen-bond acceptors (Lipinski definition) is 3. The maximum Gasteiger partial charge on any atom is 0.245 e. The second-order valence-electron chi connectivity index (χ2n) is 5.03. The largest absolute Gasteiger partial charge is 0.378 e. The van der Waals surface area contributed by atoms with Gasteiger partial charge in [0.1, 0.15) is 11.9 Å². The van der Waals surface area contributed by atoms with Crippen molar-refractivity contribution in [1.82, 2.24) is 10.2 Å². The molecule has 1 N–H and O–H groups in total. The van der Waals surface area contributed by atoms with Gasteiger partial charge < -0.3 is 15.0 Å². The molecule has 1 heterocycles. The lowest BCUT2D eigenvalue weighted by Crippen LogP contribution is -2.50. The van der Waals surface area contributed by atoms with Crippen LogP contribution in [-0.2, 0) is 20.7 Å². The van der Waals surface area contributed by atoms with Crippen LogP contribution >= 0.6 is 0 Å². The molecular weight excluding hydrogens is 275 g/mol. The van der Waals surface area contributed by atoms with Crippen molar-refractivity contribution in [3.05, 3.63) is 35.6 Å². The van der Waals surface area contributed by atoms with Crippen molar-refractivity contribution >= 4 is 11.8 Å². The van der Waals surface area contributed by atoms with Crippen molar-refractivity contribution in [2.75, 3.05) is 26.3 Å². The molecule has 1 saturated heterocycles. The van der Waals surface area contributed by atoms with Crippen LogP contribution in [0.25, 0.3) is 0 Å². The quantitative estimate of drug-likeness (QED) is 0.891. The highest BCUT2D eigenvalue weighted by molar-refractivity contribution is 5.88. The molecule has 0 unspecified atom stereocenters. The van der Waals surface area contributed by atoms with Crippen LogP contribution in [0.4, 0.5) is 4.39 Å². The Labute approximate surface area is 123 Å². The normalized spacial score (nSPS) is 16.4. The standard InChI is InChI=1S/C15H19FN2O3/c1-11(15(20)18-6-8-21-9-7-18)17-14(19)10-12-2-4-13(16)5-3-12/h2-5,11H,6-10H2,1H3,(H,17,19)/t11-/m0/s1. The molecule has 21 heavy (non-hydrogen) atoms. The van der Waals surface area contributed by atoms with E-state index in [0.29, 0.717) is 31.9 Å². The zero-order chi connectivity index (χ0) is 15.2. The van der Waals surface area contributed by atoms with Gasteiger partial charge in [-0.3, -0.25) is 9.59 Å². The third-order valence-corrected chi connectivity index (χ3v) is 3.35. The first kappa shape index (κ1) is 15.4. The molecule has 1 aliphatic rings. The molecule has 5 nitrogen and oxygen atoms in total. The summed E-state index contributed by atoms with van der Waals surface area (Å²) >= 11 is 0. The number of amides is 2.